The lowest BCUT2D eigenvalue weighted by molar-refractivity contribution is -0.155. The fourth-order valence-corrected chi connectivity index (χ4v) is 4.27. The molecule has 4 atom stereocenters. The lowest BCUT2D eigenvalue weighted by Gasteiger charge is -2.24. The number of allylic oxidation sites excluding steroid dienone is 2. The Balaban J connectivity index is 2.13. The van der Waals surface area contributed by atoms with E-state index in [9.17, 15) is 19.5 Å². The van der Waals surface area contributed by atoms with Gasteiger partial charge in [0.05, 0.1) is 25.0 Å². The van der Waals surface area contributed by atoms with Gasteiger partial charge in [-0.2, -0.15) is 0 Å². The molecule has 7 nitrogen and oxygen atoms in total. The van der Waals surface area contributed by atoms with Crippen molar-refractivity contribution in [2.24, 2.45) is 11.8 Å². The molecule has 0 saturated heterocycles. The fraction of sp³-hybridized carbons (Fsp3) is 0.406. The minimum Gasteiger partial charge on any atom is -0.455 e. The molecule has 0 aromatic heterocycles. The van der Waals surface area contributed by atoms with Gasteiger partial charge in [0, 0.05) is 12.5 Å². The molecule has 39 heavy (non-hydrogen) atoms. The minimum absolute atomic E-state index is 0.0412. The van der Waals surface area contributed by atoms with E-state index in [1.165, 1.54) is 0 Å². The number of hydrogen-bond donors (Lipinski definition) is 3. The van der Waals surface area contributed by atoms with E-state index in [4.69, 9.17) is 4.74 Å². The van der Waals surface area contributed by atoms with Crippen molar-refractivity contribution in [2.75, 3.05) is 13.2 Å². The molecule has 0 unspecified atom stereocenters. The number of aliphatic hydroxyl groups is 1. The highest BCUT2D eigenvalue weighted by molar-refractivity contribution is 5.86. The van der Waals surface area contributed by atoms with Crippen molar-refractivity contribution in [3.05, 3.63) is 97.1 Å². The Morgan fingerprint density at radius 3 is 2.26 bits per heavy atom. The third kappa shape index (κ3) is 11.7. The van der Waals surface area contributed by atoms with Gasteiger partial charge in [0.25, 0.3) is 0 Å². The molecule has 2 amide bonds. The number of nitrogens with one attached hydrogen (secondary N) is 2. The van der Waals surface area contributed by atoms with Crippen LogP contribution in [0.1, 0.15) is 56.3 Å². The molecule has 7 heteroatoms. The number of benzene rings is 2. The van der Waals surface area contributed by atoms with Gasteiger partial charge in [-0.25, -0.2) is 0 Å². The summed E-state index contributed by atoms with van der Waals surface area (Å²) in [5.41, 5.74) is 1.83. The normalized spacial score (nSPS) is 13.8. The van der Waals surface area contributed by atoms with E-state index in [-0.39, 0.29) is 43.3 Å². The number of carbonyl (C=O) groups excluding carboxylic acids is 3. The van der Waals surface area contributed by atoms with E-state index in [1.807, 2.05) is 66.7 Å². The molecule has 2 rings (SSSR count). The molecule has 210 valence electrons. The molecule has 2 aromatic rings. The molecule has 0 saturated carbocycles. The summed E-state index contributed by atoms with van der Waals surface area (Å²) in [7, 11) is 0. The topological polar surface area (TPSA) is 105 Å². The molecule has 0 bridgehead atoms. The van der Waals surface area contributed by atoms with Crippen LogP contribution in [0.15, 0.2) is 86.0 Å². The maximum Gasteiger partial charge on any atom is 0.309 e. The van der Waals surface area contributed by atoms with Crippen LogP contribution in [-0.4, -0.2) is 42.1 Å². The maximum absolute atomic E-state index is 13.4. The highest BCUT2D eigenvalue weighted by Gasteiger charge is 2.27. The number of carbonyl (C=O) groups is 3. The monoisotopic (exact) mass is 534 g/mol. The Morgan fingerprint density at radius 2 is 1.64 bits per heavy atom. The number of esters is 1. The molecule has 0 heterocycles. The largest absolute Gasteiger partial charge is 0.455 e. The quantitative estimate of drug-likeness (QED) is 0.146. The summed E-state index contributed by atoms with van der Waals surface area (Å²) < 4.78 is 6.03. The first-order valence-electron chi connectivity index (χ1n) is 13.6. The number of rotatable bonds is 18. The van der Waals surface area contributed by atoms with Gasteiger partial charge in [0.2, 0.25) is 11.8 Å². The van der Waals surface area contributed by atoms with Crippen LogP contribution < -0.4 is 10.6 Å². The van der Waals surface area contributed by atoms with E-state index >= 15 is 0 Å². The van der Waals surface area contributed by atoms with Crippen molar-refractivity contribution in [3.8, 4) is 0 Å². The Morgan fingerprint density at radius 1 is 0.974 bits per heavy atom. The van der Waals surface area contributed by atoms with Crippen LogP contribution in [0.4, 0.5) is 0 Å². The molecule has 2 aromatic carbocycles. The molecule has 0 radical (unpaired) electrons. The van der Waals surface area contributed by atoms with Gasteiger partial charge in [-0.15, -0.1) is 13.2 Å². The Hall–Kier alpha value is -3.71. The standard InChI is InChI=1S/C32H42N2O5/c1-4-6-9-19-28(20-25-15-10-7-11-16-25)32(38)39-29(26-17-12-8-13-18-26)22-33-31(37)27(14-5-2)21-30(36)34-24(3)23-35/h4-5,7-8,10-13,15-18,24,27-29,35H,1-2,6,9,14,19-23H2,3H3,(H,33,37)(H,34,36)/t24-,27-,28-,29-/m1/s1. The molecule has 3 N–H and O–H groups in total. The third-order valence-corrected chi connectivity index (χ3v) is 6.45. The molecule has 0 spiro atoms. The van der Waals surface area contributed by atoms with Gasteiger partial charge < -0.3 is 20.5 Å². The summed E-state index contributed by atoms with van der Waals surface area (Å²) in [6.07, 6.45) is 5.88. The average molecular weight is 535 g/mol. The second-order valence-corrected chi connectivity index (χ2v) is 9.76. The van der Waals surface area contributed by atoms with Crippen molar-refractivity contribution in [1.29, 1.82) is 0 Å². The van der Waals surface area contributed by atoms with E-state index in [0.29, 0.717) is 19.3 Å². The first kappa shape index (κ1) is 31.5. The van der Waals surface area contributed by atoms with Gasteiger partial charge in [0.15, 0.2) is 0 Å². The predicted octanol–water partition coefficient (Wildman–Crippen LogP) is 4.68. The molecule has 0 aliphatic heterocycles. The smallest absolute Gasteiger partial charge is 0.309 e. The van der Waals surface area contributed by atoms with Gasteiger partial charge in [-0.05, 0) is 50.2 Å². The fourth-order valence-electron chi connectivity index (χ4n) is 4.27. The van der Waals surface area contributed by atoms with Crippen LogP contribution in [0.5, 0.6) is 0 Å². The number of amides is 2. The van der Waals surface area contributed by atoms with Crippen LogP contribution in [0.25, 0.3) is 0 Å². The lowest BCUT2D eigenvalue weighted by atomic mass is 9.94. The summed E-state index contributed by atoms with van der Waals surface area (Å²) in [6.45, 7) is 9.05. The molecule has 0 aliphatic carbocycles. The Kier molecular flexibility index (Phi) is 14.3. The number of unbranched alkanes of at least 4 members (excludes halogenated alkanes) is 1. The van der Waals surface area contributed by atoms with Crippen LogP contribution >= 0.6 is 0 Å². The van der Waals surface area contributed by atoms with Crippen molar-refractivity contribution in [3.63, 3.8) is 0 Å². The van der Waals surface area contributed by atoms with Crippen molar-refractivity contribution < 1.29 is 24.2 Å². The van der Waals surface area contributed by atoms with Gasteiger partial charge in [0.1, 0.15) is 6.10 Å². The Labute approximate surface area is 232 Å². The van der Waals surface area contributed by atoms with Crippen molar-refractivity contribution in [1.82, 2.24) is 10.6 Å². The first-order chi connectivity index (χ1) is 18.9. The number of hydrogen-bond acceptors (Lipinski definition) is 5. The first-order valence-corrected chi connectivity index (χ1v) is 13.6. The van der Waals surface area contributed by atoms with E-state index in [0.717, 1.165) is 24.0 Å². The van der Waals surface area contributed by atoms with Crippen LogP contribution in [0.2, 0.25) is 0 Å². The van der Waals surface area contributed by atoms with Crippen LogP contribution in [0, 0.1) is 11.8 Å². The average Bonchev–Trinajstić information content (AvgIpc) is 2.95. The zero-order chi connectivity index (χ0) is 28.5. The molecular weight excluding hydrogens is 492 g/mol. The SMILES string of the molecule is C=CCCC[C@H](Cc1ccccc1)C(=O)O[C@H](CNC(=O)[C@H](CC=C)CC(=O)N[C@H](C)CO)c1ccccc1. The lowest BCUT2D eigenvalue weighted by Crippen LogP contribution is -2.40. The van der Waals surface area contributed by atoms with Gasteiger partial charge in [-0.1, -0.05) is 72.8 Å². The summed E-state index contributed by atoms with van der Waals surface area (Å²) in [4.78, 5) is 38.8. The highest BCUT2D eigenvalue weighted by atomic mass is 16.5. The highest BCUT2D eigenvalue weighted by Crippen LogP contribution is 2.23. The van der Waals surface area contributed by atoms with E-state index < -0.39 is 18.1 Å². The second-order valence-electron chi connectivity index (χ2n) is 9.76. The summed E-state index contributed by atoms with van der Waals surface area (Å²) >= 11 is 0. The number of ether oxygens (including phenoxy) is 1. The molecule has 0 aliphatic rings. The van der Waals surface area contributed by atoms with Crippen LogP contribution in [-0.2, 0) is 25.5 Å². The van der Waals surface area contributed by atoms with E-state index in [1.54, 1.807) is 13.0 Å². The molecular formula is C32H42N2O5. The van der Waals surface area contributed by atoms with Gasteiger partial charge >= 0.3 is 5.97 Å². The van der Waals surface area contributed by atoms with E-state index in [2.05, 4.69) is 23.8 Å². The number of aliphatic hydroxyl groups excluding tert-OH is 1. The second kappa shape index (κ2) is 17.7. The zero-order valence-corrected chi connectivity index (χ0v) is 22.9. The maximum atomic E-state index is 13.4. The summed E-state index contributed by atoms with van der Waals surface area (Å²) in [6, 6.07) is 18.8. The van der Waals surface area contributed by atoms with Crippen LogP contribution in [0.3, 0.4) is 0 Å². The summed E-state index contributed by atoms with van der Waals surface area (Å²) in [5, 5.41) is 14.7. The van der Waals surface area contributed by atoms with Crippen molar-refractivity contribution in [2.45, 2.75) is 57.6 Å². The Bertz CT molecular complexity index is 1040. The molecule has 0 fully saturated rings. The van der Waals surface area contributed by atoms with Crippen molar-refractivity contribution >= 4 is 17.8 Å². The summed E-state index contributed by atoms with van der Waals surface area (Å²) in [5.74, 6) is -1.94. The third-order valence-electron chi connectivity index (χ3n) is 6.45. The predicted molar refractivity (Wildman–Crippen MR) is 154 cm³/mol. The minimum atomic E-state index is -0.687. The van der Waals surface area contributed by atoms with Gasteiger partial charge in [-0.3, -0.25) is 14.4 Å². The zero-order valence-electron chi connectivity index (χ0n) is 22.9.